The second-order valence-corrected chi connectivity index (χ2v) is 2.97. The average molecular weight is 195 g/mol. The molecule has 0 unspecified atom stereocenters. The maximum atomic E-state index is 10.6. The summed E-state index contributed by atoms with van der Waals surface area (Å²) >= 11 is 5.79. The summed E-state index contributed by atoms with van der Waals surface area (Å²) in [4.78, 5) is 10.6. The highest BCUT2D eigenvalue weighted by Gasteiger charge is 2.04. The van der Waals surface area contributed by atoms with Gasteiger partial charge in [0.1, 0.15) is 0 Å². The Kier molecular flexibility index (Phi) is 2.88. The van der Waals surface area contributed by atoms with Crippen LogP contribution in [0.25, 0.3) is 0 Å². The van der Waals surface area contributed by atoms with Gasteiger partial charge in [-0.1, -0.05) is 17.7 Å². The molecule has 2 N–H and O–H groups in total. The van der Waals surface area contributed by atoms with E-state index in [2.05, 4.69) is 0 Å². The Bertz CT molecular complexity index is 382. The van der Waals surface area contributed by atoms with E-state index in [0.29, 0.717) is 16.1 Å². The fraction of sp³-hybridized carbons (Fsp3) is 0.111. The summed E-state index contributed by atoms with van der Waals surface area (Å²) in [5, 5.41) is 8.94. The first-order valence-electron chi connectivity index (χ1n) is 3.60. The van der Waals surface area contributed by atoms with E-state index in [1.54, 1.807) is 12.1 Å². The van der Waals surface area contributed by atoms with E-state index >= 15 is 0 Å². The van der Waals surface area contributed by atoms with Gasteiger partial charge >= 0.3 is 0 Å². The number of carbonyl (C=O) groups is 1. The molecule has 0 aliphatic carbocycles. The molecule has 1 aromatic carbocycles. The molecule has 3 nitrogen and oxygen atoms in total. The first kappa shape index (κ1) is 9.56. The summed E-state index contributed by atoms with van der Waals surface area (Å²) in [5.74, 6) is -0.438. The van der Waals surface area contributed by atoms with E-state index in [1.165, 1.54) is 6.07 Å². The summed E-state index contributed by atoms with van der Waals surface area (Å²) in [5.41, 5.74) is 6.12. The van der Waals surface area contributed by atoms with Crippen molar-refractivity contribution in [3.05, 3.63) is 34.3 Å². The maximum Gasteiger partial charge on any atom is 0.221 e. The molecule has 66 valence electrons. The third kappa shape index (κ3) is 2.46. The molecular weight excluding hydrogens is 188 g/mol. The van der Waals surface area contributed by atoms with Gasteiger partial charge < -0.3 is 5.73 Å². The van der Waals surface area contributed by atoms with Gasteiger partial charge in [0.2, 0.25) is 5.91 Å². The lowest BCUT2D eigenvalue weighted by atomic mass is 10.1. The Morgan fingerprint density at radius 3 is 2.77 bits per heavy atom. The molecule has 0 heterocycles. The highest BCUT2D eigenvalue weighted by atomic mass is 35.5. The van der Waals surface area contributed by atoms with Crippen LogP contribution in [0.3, 0.4) is 0 Å². The smallest absolute Gasteiger partial charge is 0.221 e. The van der Waals surface area contributed by atoms with Crippen LogP contribution in [0.15, 0.2) is 18.2 Å². The average Bonchev–Trinajstić information content (AvgIpc) is 2.08. The van der Waals surface area contributed by atoms with E-state index < -0.39 is 5.91 Å². The summed E-state index contributed by atoms with van der Waals surface area (Å²) in [6.07, 6.45) is 0.102. The van der Waals surface area contributed by atoms with Crippen molar-refractivity contribution in [2.45, 2.75) is 6.42 Å². The molecule has 13 heavy (non-hydrogen) atoms. The lowest BCUT2D eigenvalue weighted by Crippen LogP contribution is -2.13. The van der Waals surface area contributed by atoms with Crippen LogP contribution in [-0.2, 0) is 11.2 Å². The molecule has 0 atom stereocenters. The number of rotatable bonds is 2. The number of halogens is 1. The lowest BCUT2D eigenvalue weighted by molar-refractivity contribution is -0.117. The third-order valence-corrected chi connectivity index (χ3v) is 1.90. The van der Waals surface area contributed by atoms with Crippen molar-refractivity contribution < 1.29 is 4.79 Å². The summed E-state index contributed by atoms with van der Waals surface area (Å²) in [6.45, 7) is 0. The molecule has 0 spiro atoms. The summed E-state index contributed by atoms with van der Waals surface area (Å²) in [7, 11) is 0. The van der Waals surface area contributed by atoms with Gasteiger partial charge in [-0.2, -0.15) is 5.26 Å². The number of benzene rings is 1. The fourth-order valence-corrected chi connectivity index (χ4v) is 1.20. The predicted molar refractivity (Wildman–Crippen MR) is 49.1 cm³/mol. The Hall–Kier alpha value is -1.53. The van der Waals surface area contributed by atoms with Crippen molar-refractivity contribution in [2.75, 3.05) is 0 Å². The van der Waals surface area contributed by atoms with Crippen molar-refractivity contribution in [1.29, 1.82) is 5.26 Å². The van der Waals surface area contributed by atoms with E-state index in [-0.39, 0.29) is 6.42 Å². The van der Waals surface area contributed by atoms with Gasteiger partial charge in [-0.25, -0.2) is 0 Å². The quantitative estimate of drug-likeness (QED) is 0.770. The number of carbonyl (C=O) groups excluding carboxylic acids is 1. The summed E-state index contributed by atoms with van der Waals surface area (Å²) < 4.78 is 0. The molecule has 1 rings (SSSR count). The summed E-state index contributed by atoms with van der Waals surface area (Å²) in [6, 6.07) is 6.69. The molecule has 0 aromatic heterocycles. The van der Waals surface area contributed by atoms with Crippen molar-refractivity contribution in [3.63, 3.8) is 0 Å². The monoisotopic (exact) mass is 194 g/mol. The Morgan fingerprint density at radius 2 is 2.31 bits per heavy atom. The lowest BCUT2D eigenvalue weighted by Gasteiger charge is -2.00. The molecule has 0 bridgehead atoms. The predicted octanol–water partition coefficient (Wildman–Crippen LogP) is 1.24. The molecule has 1 amide bonds. The number of hydrogen-bond acceptors (Lipinski definition) is 2. The van der Waals surface area contributed by atoms with Crippen LogP contribution in [0.4, 0.5) is 0 Å². The molecule has 0 saturated heterocycles. The Balaban J connectivity index is 3.00. The molecule has 0 fully saturated rings. The highest BCUT2D eigenvalue weighted by Crippen LogP contribution is 2.17. The van der Waals surface area contributed by atoms with Gasteiger partial charge in [-0.3, -0.25) is 4.79 Å². The van der Waals surface area contributed by atoms with Gasteiger partial charge in [-0.05, 0) is 17.7 Å². The first-order valence-corrected chi connectivity index (χ1v) is 3.98. The van der Waals surface area contributed by atoms with Crippen molar-refractivity contribution in [3.8, 4) is 6.07 Å². The maximum absolute atomic E-state index is 10.6. The minimum atomic E-state index is -0.438. The zero-order valence-electron chi connectivity index (χ0n) is 6.75. The van der Waals surface area contributed by atoms with Crippen LogP contribution in [0.5, 0.6) is 0 Å². The number of amides is 1. The second kappa shape index (κ2) is 3.92. The molecule has 1 aromatic rings. The standard InChI is InChI=1S/C9H7ClN2O/c10-8-3-6(5-11)1-2-7(8)4-9(12)13/h1-3H,4H2,(H2,12,13). The van der Waals surface area contributed by atoms with Crippen LogP contribution < -0.4 is 5.73 Å². The molecule has 0 aliphatic rings. The van der Waals surface area contributed by atoms with Crippen molar-refractivity contribution >= 4 is 17.5 Å². The number of nitrogens with two attached hydrogens (primary N) is 1. The highest BCUT2D eigenvalue weighted by molar-refractivity contribution is 6.31. The number of nitriles is 1. The number of hydrogen-bond donors (Lipinski definition) is 1. The number of primary amides is 1. The van der Waals surface area contributed by atoms with Crippen LogP contribution in [0.1, 0.15) is 11.1 Å². The Morgan fingerprint density at radius 1 is 1.62 bits per heavy atom. The molecule has 0 radical (unpaired) electrons. The van der Waals surface area contributed by atoms with Crippen LogP contribution in [0.2, 0.25) is 5.02 Å². The van der Waals surface area contributed by atoms with Crippen LogP contribution in [-0.4, -0.2) is 5.91 Å². The third-order valence-electron chi connectivity index (χ3n) is 1.55. The minimum absolute atomic E-state index is 0.102. The van der Waals surface area contributed by atoms with E-state index in [1.807, 2.05) is 6.07 Å². The largest absolute Gasteiger partial charge is 0.369 e. The van der Waals surface area contributed by atoms with Gasteiger partial charge in [0.25, 0.3) is 0 Å². The van der Waals surface area contributed by atoms with Crippen molar-refractivity contribution in [2.24, 2.45) is 5.73 Å². The normalized spacial score (nSPS) is 9.23. The molecule has 0 aliphatic heterocycles. The van der Waals surface area contributed by atoms with Crippen LogP contribution in [0, 0.1) is 11.3 Å². The Labute approximate surface area is 80.7 Å². The molecular formula is C9H7ClN2O. The topological polar surface area (TPSA) is 66.9 Å². The second-order valence-electron chi connectivity index (χ2n) is 2.56. The van der Waals surface area contributed by atoms with E-state index in [9.17, 15) is 4.79 Å². The first-order chi connectivity index (χ1) is 6.13. The zero-order chi connectivity index (χ0) is 9.84. The zero-order valence-corrected chi connectivity index (χ0v) is 7.51. The van der Waals surface area contributed by atoms with Gasteiger partial charge in [0, 0.05) is 5.02 Å². The van der Waals surface area contributed by atoms with Crippen LogP contribution >= 0.6 is 11.6 Å². The molecule has 0 saturated carbocycles. The number of nitrogens with zero attached hydrogens (tertiary/aromatic N) is 1. The van der Waals surface area contributed by atoms with Gasteiger partial charge in [-0.15, -0.1) is 0 Å². The van der Waals surface area contributed by atoms with E-state index in [0.717, 1.165) is 0 Å². The fourth-order valence-electron chi connectivity index (χ4n) is 0.948. The van der Waals surface area contributed by atoms with Gasteiger partial charge in [0.05, 0.1) is 18.1 Å². The SMILES string of the molecule is N#Cc1ccc(CC(N)=O)c(Cl)c1. The van der Waals surface area contributed by atoms with E-state index in [4.69, 9.17) is 22.6 Å². The minimum Gasteiger partial charge on any atom is -0.369 e. The van der Waals surface area contributed by atoms with Gasteiger partial charge in [0.15, 0.2) is 0 Å². The molecule has 4 heteroatoms. The van der Waals surface area contributed by atoms with Crippen molar-refractivity contribution in [1.82, 2.24) is 0 Å².